The van der Waals surface area contributed by atoms with E-state index in [0.29, 0.717) is 25.0 Å². The summed E-state index contributed by atoms with van der Waals surface area (Å²) in [6, 6.07) is 22.6. The van der Waals surface area contributed by atoms with Gasteiger partial charge in [-0.25, -0.2) is 4.79 Å². The molecule has 1 aliphatic heterocycles. The minimum atomic E-state index is -1.03. The molecule has 4 amide bonds. The number of aliphatic hydroxyl groups excluding tert-OH is 2. The van der Waals surface area contributed by atoms with E-state index >= 15 is 0 Å². The van der Waals surface area contributed by atoms with Crippen LogP contribution in [0.5, 0.6) is 5.75 Å². The molecular weight excluding hydrogens is 596 g/mol. The smallest absolute Gasteiger partial charge is 0.320 e. The summed E-state index contributed by atoms with van der Waals surface area (Å²) in [5, 5.41) is 30.2. The Balaban J connectivity index is 1.52. The standard InChI is InChI=1S/C37H48N4O6/c1-24(2)34(41-19-18-32(43)40-37(41)46)36(45)38-29(20-27-14-7-5-8-15-27)22-31(42)30(21-28-16-9-6-10-17-28)39-33(44)23-47-35-25(3)12-11-13-26(35)4/h5-17,24,29-32,34,42-43H,18-23H2,1-4H3,(H,38,45)(H,39,44)(H,40,46)/t29-,30-,31-,32-,34-/m0/s1. The van der Waals surface area contributed by atoms with Crippen LogP contribution < -0.4 is 20.7 Å². The van der Waals surface area contributed by atoms with Crippen LogP contribution >= 0.6 is 0 Å². The number of hydrogen-bond acceptors (Lipinski definition) is 6. The first-order valence-corrected chi connectivity index (χ1v) is 16.3. The van der Waals surface area contributed by atoms with Gasteiger partial charge in [0.15, 0.2) is 6.61 Å². The van der Waals surface area contributed by atoms with Gasteiger partial charge >= 0.3 is 6.03 Å². The van der Waals surface area contributed by atoms with Crippen molar-refractivity contribution in [2.45, 2.75) is 83.8 Å². The lowest BCUT2D eigenvalue weighted by Crippen LogP contribution is -2.61. The molecule has 1 saturated heterocycles. The van der Waals surface area contributed by atoms with E-state index in [0.717, 1.165) is 22.3 Å². The van der Waals surface area contributed by atoms with Crippen LogP contribution in [0.15, 0.2) is 78.9 Å². The van der Waals surface area contributed by atoms with Crippen LogP contribution in [0.25, 0.3) is 0 Å². The first-order valence-electron chi connectivity index (χ1n) is 16.3. The predicted octanol–water partition coefficient (Wildman–Crippen LogP) is 3.65. The zero-order valence-electron chi connectivity index (χ0n) is 27.7. The van der Waals surface area contributed by atoms with Crippen molar-refractivity contribution < 1.29 is 29.3 Å². The molecule has 47 heavy (non-hydrogen) atoms. The van der Waals surface area contributed by atoms with E-state index in [1.54, 1.807) is 0 Å². The summed E-state index contributed by atoms with van der Waals surface area (Å²) in [4.78, 5) is 41.3. The number of urea groups is 1. The molecule has 0 aliphatic carbocycles. The van der Waals surface area contributed by atoms with Gasteiger partial charge in [0.25, 0.3) is 5.91 Å². The largest absolute Gasteiger partial charge is 0.483 e. The Kier molecular flexibility index (Phi) is 12.8. The zero-order chi connectivity index (χ0) is 33.9. The molecule has 0 saturated carbocycles. The minimum Gasteiger partial charge on any atom is -0.483 e. The second-order valence-electron chi connectivity index (χ2n) is 12.7. The number of para-hydroxylation sites is 1. The molecule has 5 atom stereocenters. The number of carbonyl (C=O) groups is 3. The van der Waals surface area contributed by atoms with Crippen molar-refractivity contribution >= 4 is 17.8 Å². The van der Waals surface area contributed by atoms with Gasteiger partial charge in [-0.1, -0.05) is 92.7 Å². The fraction of sp³-hybridized carbons (Fsp3) is 0.432. The molecule has 1 heterocycles. The summed E-state index contributed by atoms with van der Waals surface area (Å²) in [6.07, 6.45) is -0.721. The molecule has 0 aromatic heterocycles. The van der Waals surface area contributed by atoms with Gasteiger partial charge in [-0.2, -0.15) is 0 Å². The van der Waals surface area contributed by atoms with Crippen LogP contribution in [-0.4, -0.2) is 76.6 Å². The van der Waals surface area contributed by atoms with Gasteiger partial charge in [-0.15, -0.1) is 0 Å². The van der Waals surface area contributed by atoms with Gasteiger partial charge in [-0.05, 0) is 61.3 Å². The van der Waals surface area contributed by atoms with Crippen molar-refractivity contribution in [3.8, 4) is 5.75 Å². The molecule has 0 radical (unpaired) electrons. The normalized spacial score (nSPS) is 17.3. The first kappa shape index (κ1) is 35.4. The lowest BCUT2D eigenvalue weighted by molar-refractivity contribution is -0.129. The maximum Gasteiger partial charge on any atom is 0.320 e. The number of hydrogen-bond donors (Lipinski definition) is 5. The first-order chi connectivity index (χ1) is 22.5. The number of nitrogens with one attached hydrogen (secondary N) is 3. The van der Waals surface area contributed by atoms with E-state index in [2.05, 4.69) is 16.0 Å². The molecule has 0 spiro atoms. The topological polar surface area (TPSA) is 140 Å². The molecule has 3 aromatic rings. The van der Waals surface area contributed by atoms with Gasteiger partial charge in [0.05, 0.1) is 12.1 Å². The van der Waals surface area contributed by atoms with Crippen molar-refractivity contribution in [1.82, 2.24) is 20.9 Å². The van der Waals surface area contributed by atoms with Crippen LogP contribution in [0, 0.1) is 19.8 Å². The van der Waals surface area contributed by atoms with Crippen LogP contribution in [0.4, 0.5) is 4.79 Å². The summed E-state index contributed by atoms with van der Waals surface area (Å²) in [5.41, 5.74) is 3.76. The van der Waals surface area contributed by atoms with Gasteiger partial charge in [-0.3, -0.25) is 9.59 Å². The van der Waals surface area contributed by atoms with Crippen molar-refractivity contribution in [3.05, 3.63) is 101 Å². The summed E-state index contributed by atoms with van der Waals surface area (Å²) < 4.78 is 5.89. The second kappa shape index (κ2) is 16.9. The average molecular weight is 645 g/mol. The summed E-state index contributed by atoms with van der Waals surface area (Å²) in [5.74, 6) is -0.259. The highest BCUT2D eigenvalue weighted by Gasteiger charge is 2.37. The number of aryl methyl sites for hydroxylation is 2. The Hall–Kier alpha value is -4.41. The molecular formula is C37H48N4O6. The highest BCUT2D eigenvalue weighted by atomic mass is 16.5. The van der Waals surface area contributed by atoms with E-state index in [4.69, 9.17) is 4.74 Å². The number of aliphatic hydroxyl groups is 2. The number of nitrogens with zero attached hydrogens (tertiary/aromatic N) is 1. The number of carbonyl (C=O) groups excluding carboxylic acids is 3. The Morgan fingerprint density at radius 2 is 1.51 bits per heavy atom. The lowest BCUT2D eigenvalue weighted by Gasteiger charge is -2.38. The fourth-order valence-electron chi connectivity index (χ4n) is 6.13. The monoisotopic (exact) mass is 644 g/mol. The number of ether oxygens (including phenoxy) is 1. The molecule has 4 rings (SSSR count). The number of benzene rings is 3. The van der Waals surface area contributed by atoms with E-state index in [-0.39, 0.29) is 37.3 Å². The molecule has 0 bridgehead atoms. The predicted molar refractivity (Wildman–Crippen MR) is 181 cm³/mol. The Morgan fingerprint density at radius 3 is 2.09 bits per heavy atom. The quantitative estimate of drug-likeness (QED) is 0.171. The highest BCUT2D eigenvalue weighted by molar-refractivity contribution is 5.88. The van der Waals surface area contributed by atoms with E-state index in [9.17, 15) is 24.6 Å². The summed E-state index contributed by atoms with van der Waals surface area (Å²) >= 11 is 0. The van der Waals surface area contributed by atoms with Crippen LogP contribution in [0.3, 0.4) is 0 Å². The van der Waals surface area contributed by atoms with Crippen LogP contribution in [0.2, 0.25) is 0 Å². The van der Waals surface area contributed by atoms with Crippen LogP contribution in [0.1, 0.15) is 48.9 Å². The minimum absolute atomic E-state index is 0.145. The van der Waals surface area contributed by atoms with E-state index in [1.807, 2.05) is 107 Å². The maximum atomic E-state index is 13.8. The number of amides is 4. The van der Waals surface area contributed by atoms with Crippen LogP contribution in [-0.2, 0) is 22.4 Å². The Labute approximate surface area is 277 Å². The fourth-order valence-corrected chi connectivity index (χ4v) is 6.13. The van der Waals surface area contributed by atoms with Crippen molar-refractivity contribution in [3.63, 3.8) is 0 Å². The van der Waals surface area contributed by atoms with Gasteiger partial charge in [0.1, 0.15) is 18.0 Å². The lowest BCUT2D eigenvalue weighted by atomic mass is 9.92. The van der Waals surface area contributed by atoms with E-state index in [1.165, 1.54) is 4.90 Å². The molecule has 3 aromatic carbocycles. The second-order valence-corrected chi connectivity index (χ2v) is 12.7. The van der Waals surface area contributed by atoms with Gasteiger partial charge in [0, 0.05) is 19.0 Å². The molecule has 252 valence electrons. The molecule has 0 unspecified atom stereocenters. The van der Waals surface area contributed by atoms with Gasteiger partial charge in [0.2, 0.25) is 5.91 Å². The van der Waals surface area contributed by atoms with E-state index < -0.39 is 36.5 Å². The molecule has 10 heteroatoms. The third kappa shape index (κ3) is 10.3. The molecule has 1 fully saturated rings. The zero-order valence-corrected chi connectivity index (χ0v) is 27.7. The third-order valence-corrected chi connectivity index (χ3v) is 8.49. The summed E-state index contributed by atoms with van der Waals surface area (Å²) in [7, 11) is 0. The number of rotatable bonds is 15. The third-order valence-electron chi connectivity index (χ3n) is 8.49. The average Bonchev–Trinajstić information content (AvgIpc) is 3.02. The highest BCUT2D eigenvalue weighted by Crippen LogP contribution is 2.22. The van der Waals surface area contributed by atoms with Crippen molar-refractivity contribution in [2.75, 3.05) is 13.2 Å². The maximum absolute atomic E-state index is 13.8. The molecule has 1 aliphatic rings. The molecule has 5 N–H and O–H groups in total. The van der Waals surface area contributed by atoms with Gasteiger partial charge < -0.3 is 35.8 Å². The Bertz CT molecular complexity index is 1450. The Morgan fingerprint density at radius 1 is 0.915 bits per heavy atom. The molecule has 10 nitrogen and oxygen atoms in total. The van der Waals surface area contributed by atoms with Crippen molar-refractivity contribution in [2.24, 2.45) is 5.92 Å². The van der Waals surface area contributed by atoms with Crippen molar-refractivity contribution in [1.29, 1.82) is 0 Å². The SMILES string of the molecule is Cc1cccc(C)c1OCC(=O)N[C@@H](Cc1ccccc1)[C@@H](O)C[C@H](Cc1ccccc1)NC(=O)[C@H](C(C)C)N1CC[C@H](O)NC1=O. The summed E-state index contributed by atoms with van der Waals surface area (Å²) in [6.45, 7) is 7.62.